The first-order valence-electron chi connectivity index (χ1n) is 8.16. The Labute approximate surface area is 143 Å². The first kappa shape index (κ1) is 15.6. The molecule has 4 amide bonds. The minimum absolute atomic E-state index is 0.128. The van der Waals surface area contributed by atoms with Gasteiger partial charge in [-0.2, -0.15) is 4.98 Å². The van der Waals surface area contributed by atoms with Gasteiger partial charge in [0, 0.05) is 7.05 Å². The van der Waals surface area contributed by atoms with E-state index in [0.29, 0.717) is 11.1 Å². The van der Waals surface area contributed by atoms with E-state index in [0.717, 1.165) is 17.7 Å². The maximum Gasteiger partial charge on any atom is 0.325 e. The zero-order valence-electron chi connectivity index (χ0n) is 14.0. The van der Waals surface area contributed by atoms with Crippen molar-refractivity contribution < 1.29 is 18.8 Å². The Bertz CT molecular complexity index is 855. The fourth-order valence-corrected chi connectivity index (χ4v) is 3.15. The number of carbonyl (C=O) groups is 3. The molecule has 4 rings (SSSR count). The molecular formula is C17H18N4O4. The van der Waals surface area contributed by atoms with Gasteiger partial charge in [0.15, 0.2) is 5.58 Å². The first-order chi connectivity index (χ1) is 11.9. The highest BCUT2D eigenvalue weighted by Crippen LogP contribution is 2.42. The molecule has 130 valence electrons. The minimum Gasteiger partial charge on any atom is -0.423 e. The van der Waals surface area contributed by atoms with Crippen LogP contribution in [0.3, 0.4) is 0 Å². The summed E-state index contributed by atoms with van der Waals surface area (Å²) >= 11 is 0. The lowest BCUT2D eigenvalue weighted by molar-refractivity contribution is -0.134. The van der Waals surface area contributed by atoms with Crippen molar-refractivity contribution in [3.05, 3.63) is 24.3 Å². The van der Waals surface area contributed by atoms with Crippen molar-refractivity contribution in [1.29, 1.82) is 0 Å². The molecule has 1 aromatic heterocycles. The van der Waals surface area contributed by atoms with Crippen LogP contribution in [0.1, 0.15) is 19.8 Å². The Morgan fingerprint density at radius 1 is 1.40 bits per heavy atom. The number of nitrogens with zero attached hydrogens (tertiary/aromatic N) is 3. The third kappa shape index (κ3) is 2.45. The van der Waals surface area contributed by atoms with Gasteiger partial charge in [-0.25, -0.2) is 4.79 Å². The van der Waals surface area contributed by atoms with E-state index in [9.17, 15) is 14.4 Å². The average Bonchev–Trinajstić information content (AvgIpc) is 3.33. The molecule has 0 spiro atoms. The first-order valence-corrected chi connectivity index (χ1v) is 8.16. The van der Waals surface area contributed by atoms with E-state index in [4.69, 9.17) is 4.42 Å². The van der Waals surface area contributed by atoms with E-state index >= 15 is 0 Å². The van der Waals surface area contributed by atoms with E-state index in [-0.39, 0.29) is 24.4 Å². The number of likely N-dealkylation sites (N-methyl/N-ethyl adjacent to an activating group) is 1. The molecule has 1 saturated carbocycles. The Kier molecular flexibility index (Phi) is 3.31. The van der Waals surface area contributed by atoms with Crippen LogP contribution in [0.25, 0.3) is 11.1 Å². The topological polar surface area (TPSA) is 95.8 Å². The smallest absolute Gasteiger partial charge is 0.325 e. The molecule has 1 aliphatic heterocycles. The standard InChI is InChI=1S/C17H18N4O4/c1-17(10-7-8-10)14(23)21(15(24)19-17)9-13(22)20(2)16-18-11-5-3-4-6-12(11)25-16/h3-6,10H,7-9H2,1-2H3,(H,19,24)/t17-/m1/s1. The lowest BCUT2D eigenvalue weighted by Crippen LogP contribution is -2.47. The summed E-state index contributed by atoms with van der Waals surface area (Å²) in [6.07, 6.45) is 1.82. The Morgan fingerprint density at radius 2 is 2.12 bits per heavy atom. The molecule has 1 N–H and O–H groups in total. The number of rotatable bonds is 4. The van der Waals surface area contributed by atoms with Crippen molar-refractivity contribution in [2.75, 3.05) is 18.5 Å². The van der Waals surface area contributed by atoms with Gasteiger partial charge in [0.25, 0.3) is 11.8 Å². The molecule has 1 atom stereocenters. The highest BCUT2D eigenvalue weighted by Gasteiger charge is 2.56. The van der Waals surface area contributed by atoms with Crippen molar-refractivity contribution in [2.24, 2.45) is 5.92 Å². The molecule has 0 bridgehead atoms. The van der Waals surface area contributed by atoms with Crippen LogP contribution >= 0.6 is 0 Å². The van der Waals surface area contributed by atoms with Crippen LogP contribution in [0, 0.1) is 5.92 Å². The van der Waals surface area contributed by atoms with Gasteiger partial charge in [-0.15, -0.1) is 0 Å². The number of amides is 4. The van der Waals surface area contributed by atoms with Crippen LogP contribution in [0.5, 0.6) is 0 Å². The maximum absolute atomic E-state index is 12.6. The lowest BCUT2D eigenvalue weighted by atomic mass is 9.96. The highest BCUT2D eigenvalue weighted by atomic mass is 16.4. The number of anilines is 1. The molecule has 1 saturated heterocycles. The summed E-state index contributed by atoms with van der Waals surface area (Å²) in [4.78, 5) is 43.7. The number of hydrogen-bond donors (Lipinski definition) is 1. The number of urea groups is 1. The number of imide groups is 1. The molecule has 25 heavy (non-hydrogen) atoms. The Morgan fingerprint density at radius 3 is 2.80 bits per heavy atom. The van der Waals surface area contributed by atoms with Crippen molar-refractivity contribution >= 4 is 35.0 Å². The predicted octanol–water partition coefficient (Wildman–Crippen LogP) is 1.51. The van der Waals surface area contributed by atoms with Gasteiger partial charge >= 0.3 is 12.0 Å². The molecule has 2 fully saturated rings. The van der Waals surface area contributed by atoms with E-state index in [2.05, 4.69) is 10.3 Å². The van der Waals surface area contributed by atoms with Crippen LogP contribution in [-0.4, -0.2) is 46.9 Å². The number of carbonyl (C=O) groups excluding carboxylic acids is 3. The van der Waals surface area contributed by atoms with Gasteiger partial charge in [-0.1, -0.05) is 12.1 Å². The zero-order chi connectivity index (χ0) is 17.8. The highest BCUT2D eigenvalue weighted by molar-refractivity contribution is 6.10. The SMILES string of the molecule is CN(C(=O)CN1C(=O)N[C@](C)(C2CC2)C1=O)c1nc2ccccc2o1. The molecule has 0 radical (unpaired) electrons. The predicted molar refractivity (Wildman–Crippen MR) is 88.8 cm³/mol. The number of aromatic nitrogens is 1. The molecule has 0 unspecified atom stereocenters. The number of oxazole rings is 1. The molecule has 1 aliphatic carbocycles. The molecule has 8 nitrogen and oxygen atoms in total. The van der Waals surface area contributed by atoms with Crippen LogP contribution in [0.2, 0.25) is 0 Å². The number of fused-ring (bicyclic) bond motifs is 1. The monoisotopic (exact) mass is 342 g/mol. The van der Waals surface area contributed by atoms with Gasteiger partial charge in [0.2, 0.25) is 0 Å². The van der Waals surface area contributed by atoms with E-state index in [1.165, 1.54) is 11.9 Å². The van der Waals surface area contributed by atoms with Crippen LogP contribution in [-0.2, 0) is 9.59 Å². The number of nitrogens with one attached hydrogen (secondary N) is 1. The van der Waals surface area contributed by atoms with Crippen molar-refractivity contribution in [3.8, 4) is 0 Å². The normalized spacial score (nSPS) is 23.2. The quantitative estimate of drug-likeness (QED) is 0.850. The van der Waals surface area contributed by atoms with Gasteiger partial charge in [-0.05, 0) is 37.8 Å². The van der Waals surface area contributed by atoms with Crippen molar-refractivity contribution in [3.63, 3.8) is 0 Å². The molecular weight excluding hydrogens is 324 g/mol. The summed E-state index contributed by atoms with van der Waals surface area (Å²) in [5.41, 5.74) is 0.301. The Hall–Kier alpha value is -2.90. The summed E-state index contributed by atoms with van der Waals surface area (Å²) in [6, 6.07) is 6.76. The van der Waals surface area contributed by atoms with E-state index < -0.39 is 17.5 Å². The Balaban J connectivity index is 1.51. The van der Waals surface area contributed by atoms with Crippen molar-refractivity contribution in [1.82, 2.24) is 15.2 Å². The van der Waals surface area contributed by atoms with Crippen LogP contribution in [0.15, 0.2) is 28.7 Å². The fourth-order valence-electron chi connectivity index (χ4n) is 3.15. The summed E-state index contributed by atoms with van der Waals surface area (Å²) in [5.74, 6) is -0.645. The summed E-state index contributed by atoms with van der Waals surface area (Å²) in [7, 11) is 1.51. The summed E-state index contributed by atoms with van der Waals surface area (Å²) < 4.78 is 5.55. The molecule has 1 aromatic carbocycles. The lowest BCUT2D eigenvalue weighted by Gasteiger charge is -2.21. The fraction of sp³-hybridized carbons (Fsp3) is 0.412. The second-order valence-corrected chi connectivity index (χ2v) is 6.71. The van der Waals surface area contributed by atoms with Crippen LogP contribution in [0.4, 0.5) is 10.8 Å². The summed E-state index contributed by atoms with van der Waals surface area (Å²) in [5, 5.41) is 2.73. The second-order valence-electron chi connectivity index (χ2n) is 6.71. The third-order valence-electron chi connectivity index (χ3n) is 4.93. The molecule has 2 aromatic rings. The van der Waals surface area contributed by atoms with Gasteiger partial charge < -0.3 is 9.73 Å². The molecule has 2 heterocycles. The van der Waals surface area contributed by atoms with Crippen molar-refractivity contribution in [2.45, 2.75) is 25.3 Å². The zero-order valence-corrected chi connectivity index (χ0v) is 14.0. The van der Waals surface area contributed by atoms with E-state index in [1.54, 1.807) is 19.1 Å². The van der Waals surface area contributed by atoms with Gasteiger partial charge in [0.05, 0.1) is 0 Å². The minimum atomic E-state index is -0.895. The van der Waals surface area contributed by atoms with E-state index in [1.807, 2.05) is 12.1 Å². The largest absolute Gasteiger partial charge is 0.423 e. The number of para-hydroxylation sites is 2. The van der Waals surface area contributed by atoms with Gasteiger partial charge in [0.1, 0.15) is 17.6 Å². The molecule has 2 aliphatic rings. The van der Waals surface area contributed by atoms with Crippen LogP contribution < -0.4 is 10.2 Å². The third-order valence-corrected chi connectivity index (χ3v) is 4.93. The van der Waals surface area contributed by atoms with Gasteiger partial charge in [-0.3, -0.25) is 19.4 Å². The summed E-state index contributed by atoms with van der Waals surface area (Å²) in [6.45, 7) is 1.38. The average molecular weight is 342 g/mol. The second kappa shape index (κ2) is 5.30. The maximum atomic E-state index is 12.6. The molecule has 8 heteroatoms. The number of hydrogen-bond acceptors (Lipinski definition) is 5. The number of benzene rings is 1.